The number of carbonyl (C=O) groups is 3. The maximum absolute atomic E-state index is 13.2. The molecule has 3 aliphatic rings. The van der Waals surface area contributed by atoms with Gasteiger partial charge in [-0.25, -0.2) is 14.1 Å². The number of rotatable bonds is 5. The summed E-state index contributed by atoms with van der Waals surface area (Å²) < 4.78 is 13.2. The number of nitrogens with one attached hydrogen (secondary N) is 4. The van der Waals surface area contributed by atoms with Gasteiger partial charge in [-0.15, -0.1) is 0 Å². The second-order valence-electron chi connectivity index (χ2n) is 8.70. The van der Waals surface area contributed by atoms with Crippen molar-refractivity contribution in [3.63, 3.8) is 0 Å². The molecule has 9 heteroatoms. The number of halogens is 1. The van der Waals surface area contributed by atoms with Crippen LogP contribution in [0.2, 0.25) is 0 Å². The normalized spacial score (nSPS) is 26.0. The minimum atomic E-state index is -0.670. The van der Waals surface area contributed by atoms with E-state index in [-0.39, 0.29) is 23.7 Å². The Kier molecular flexibility index (Phi) is 6.01. The van der Waals surface area contributed by atoms with Gasteiger partial charge in [0.25, 0.3) is 11.8 Å². The molecule has 0 unspecified atom stereocenters. The molecule has 1 aromatic rings. The molecule has 0 atom stereocenters. The zero-order chi connectivity index (χ0) is 21.1. The lowest BCUT2D eigenvalue weighted by molar-refractivity contribution is -1.01. The molecule has 2 heterocycles. The summed E-state index contributed by atoms with van der Waals surface area (Å²) in [4.78, 5) is 41.3. The molecule has 1 aliphatic carbocycles. The molecule has 2 saturated heterocycles. The molecule has 0 radical (unpaired) electrons. The number of amides is 4. The van der Waals surface area contributed by atoms with Gasteiger partial charge in [-0.2, -0.15) is 0 Å². The maximum atomic E-state index is 13.2. The Morgan fingerprint density at radius 3 is 2.50 bits per heavy atom. The molecule has 0 aromatic heterocycles. The van der Waals surface area contributed by atoms with Crippen molar-refractivity contribution in [3.05, 3.63) is 30.1 Å². The standard InChI is InChI=1S/C21H28FN5O3/c22-16-5-4-6-17(13-16)23-18(28)14-25-9-11-26(12-10-25)15-27-19(29)21(24-20(27)30)7-2-1-3-8-21/h4-6,13H,1-3,7-12,14-15H2,(H,23,28)(H,24,30)/p+2. The molecule has 3 fully saturated rings. The molecular formula is C21H30FN5O3+2. The number of anilines is 1. The highest BCUT2D eigenvalue weighted by Gasteiger charge is 2.52. The van der Waals surface area contributed by atoms with E-state index in [0.717, 1.165) is 63.2 Å². The molecule has 4 rings (SSSR count). The average Bonchev–Trinajstić information content (AvgIpc) is 2.94. The van der Waals surface area contributed by atoms with E-state index in [1.165, 1.54) is 21.9 Å². The van der Waals surface area contributed by atoms with Crippen molar-refractivity contribution in [1.29, 1.82) is 0 Å². The second-order valence-corrected chi connectivity index (χ2v) is 8.70. The molecule has 1 saturated carbocycles. The largest absolute Gasteiger partial charge is 0.329 e. The summed E-state index contributed by atoms with van der Waals surface area (Å²) in [7, 11) is 0. The third-order valence-electron chi connectivity index (χ3n) is 6.52. The van der Waals surface area contributed by atoms with E-state index < -0.39 is 5.54 Å². The van der Waals surface area contributed by atoms with Crippen LogP contribution in [0.4, 0.5) is 14.9 Å². The minimum Gasteiger partial charge on any atom is -0.323 e. The smallest absolute Gasteiger partial charge is 0.323 e. The topological polar surface area (TPSA) is 87.4 Å². The van der Waals surface area contributed by atoms with E-state index in [9.17, 15) is 18.8 Å². The Hall–Kier alpha value is -2.52. The van der Waals surface area contributed by atoms with Gasteiger partial charge in [-0.05, 0) is 31.0 Å². The number of imide groups is 1. The highest BCUT2D eigenvalue weighted by atomic mass is 19.1. The zero-order valence-electron chi connectivity index (χ0n) is 17.1. The highest BCUT2D eigenvalue weighted by Crippen LogP contribution is 2.33. The first-order valence-corrected chi connectivity index (χ1v) is 10.8. The Labute approximate surface area is 175 Å². The summed E-state index contributed by atoms with van der Waals surface area (Å²) in [6.07, 6.45) is 4.55. The summed E-state index contributed by atoms with van der Waals surface area (Å²) in [6, 6.07) is 5.60. The van der Waals surface area contributed by atoms with E-state index in [1.54, 1.807) is 12.1 Å². The number of nitrogens with zero attached hydrogens (tertiary/aromatic N) is 1. The first-order chi connectivity index (χ1) is 14.4. The van der Waals surface area contributed by atoms with Crippen molar-refractivity contribution in [3.8, 4) is 0 Å². The van der Waals surface area contributed by atoms with Gasteiger partial charge in [-0.3, -0.25) is 9.59 Å². The van der Waals surface area contributed by atoms with Crippen molar-refractivity contribution in [2.45, 2.75) is 37.6 Å². The quantitative estimate of drug-likeness (QED) is 0.451. The predicted molar refractivity (Wildman–Crippen MR) is 107 cm³/mol. The van der Waals surface area contributed by atoms with Gasteiger partial charge in [0.1, 0.15) is 37.5 Å². The number of urea groups is 1. The maximum Gasteiger partial charge on any atom is 0.329 e. The SMILES string of the molecule is O=C(C[NH+]1CC[NH+](CN2C(=O)NC3(CCCCC3)C2=O)CC1)Nc1cccc(F)c1. The third kappa shape index (κ3) is 4.46. The predicted octanol–water partition coefficient (Wildman–Crippen LogP) is -1.24. The van der Waals surface area contributed by atoms with Crippen LogP contribution in [-0.4, -0.2) is 67.7 Å². The molecule has 1 aromatic carbocycles. The monoisotopic (exact) mass is 419 g/mol. The number of piperazine rings is 1. The minimum absolute atomic E-state index is 0.0658. The fourth-order valence-electron chi connectivity index (χ4n) is 4.83. The first kappa shape index (κ1) is 20.7. The molecule has 0 bridgehead atoms. The second kappa shape index (κ2) is 8.69. The average molecular weight is 420 g/mol. The Morgan fingerprint density at radius 2 is 1.80 bits per heavy atom. The van der Waals surface area contributed by atoms with E-state index in [4.69, 9.17) is 0 Å². The fraction of sp³-hybridized carbons (Fsp3) is 0.571. The molecule has 30 heavy (non-hydrogen) atoms. The van der Waals surface area contributed by atoms with E-state index in [2.05, 4.69) is 10.6 Å². The molecule has 8 nitrogen and oxygen atoms in total. The van der Waals surface area contributed by atoms with Gasteiger partial charge in [0.05, 0.1) is 0 Å². The van der Waals surface area contributed by atoms with Gasteiger partial charge in [-0.1, -0.05) is 25.3 Å². The van der Waals surface area contributed by atoms with Gasteiger partial charge in [0.15, 0.2) is 13.2 Å². The van der Waals surface area contributed by atoms with Crippen LogP contribution in [0.1, 0.15) is 32.1 Å². The number of benzene rings is 1. The summed E-state index contributed by atoms with van der Waals surface area (Å²) in [5, 5.41) is 5.69. The number of hydrogen-bond donors (Lipinski definition) is 4. The summed E-state index contributed by atoms with van der Waals surface area (Å²) in [5.74, 6) is -0.593. The lowest BCUT2D eigenvalue weighted by atomic mass is 9.82. The van der Waals surface area contributed by atoms with Crippen LogP contribution in [-0.2, 0) is 9.59 Å². The zero-order valence-corrected chi connectivity index (χ0v) is 17.1. The van der Waals surface area contributed by atoms with Crippen molar-refractivity contribution in [2.24, 2.45) is 0 Å². The number of hydrogen-bond acceptors (Lipinski definition) is 3. The summed E-state index contributed by atoms with van der Waals surface area (Å²) >= 11 is 0. The fourth-order valence-corrected chi connectivity index (χ4v) is 4.83. The lowest BCUT2D eigenvalue weighted by Gasteiger charge is -2.32. The summed E-state index contributed by atoms with van der Waals surface area (Å²) in [6.45, 7) is 3.83. The van der Waals surface area contributed by atoms with Crippen molar-refractivity contribution in [2.75, 3.05) is 44.7 Å². The lowest BCUT2D eigenvalue weighted by Crippen LogP contribution is -3.29. The molecule has 1 spiro atoms. The van der Waals surface area contributed by atoms with Gasteiger partial charge in [0.2, 0.25) is 0 Å². The Bertz CT molecular complexity index is 819. The van der Waals surface area contributed by atoms with E-state index in [1.807, 2.05) is 0 Å². The summed E-state index contributed by atoms with van der Waals surface area (Å²) in [5.41, 5.74) is -0.213. The van der Waals surface area contributed by atoms with Crippen LogP contribution in [0, 0.1) is 5.82 Å². The van der Waals surface area contributed by atoms with Crippen LogP contribution in [0.3, 0.4) is 0 Å². The van der Waals surface area contributed by atoms with Gasteiger partial charge in [0, 0.05) is 5.69 Å². The number of quaternary nitrogens is 2. The van der Waals surface area contributed by atoms with Crippen molar-refractivity contribution < 1.29 is 28.6 Å². The van der Waals surface area contributed by atoms with Crippen molar-refractivity contribution >= 4 is 23.5 Å². The molecule has 4 amide bonds. The van der Waals surface area contributed by atoms with Crippen LogP contribution in [0.15, 0.2) is 24.3 Å². The highest BCUT2D eigenvalue weighted by molar-refractivity contribution is 6.06. The first-order valence-electron chi connectivity index (χ1n) is 10.8. The van der Waals surface area contributed by atoms with Crippen LogP contribution in [0.25, 0.3) is 0 Å². The van der Waals surface area contributed by atoms with Crippen LogP contribution in [0.5, 0.6) is 0 Å². The molecule has 4 N–H and O–H groups in total. The number of carbonyl (C=O) groups excluding carboxylic acids is 3. The van der Waals surface area contributed by atoms with Crippen molar-refractivity contribution in [1.82, 2.24) is 10.2 Å². The molecular weight excluding hydrogens is 389 g/mol. The third-order valence-corrected chi connectivity index (χ3v) is 6.52. The van der Waals surface area contributed by atoms with E-state index >= 15 is 0 Å². The Morgan fingerprint density at radius 1 is 1.10 bits per heavy atom. The van der Waals surface area contributed by atoms with Crippen LogP contribution < -0.4 is 20.4 Å². The Balaban J connectivity index is 1.24. The molecule has 2 aliphatic heterocycles. The van der Waals surface area contributed by atoms with Gasteiger partial charge < -0.3 is 20.4 Å². The van der Waals surface area contributed by atoms with Gasteiger partial charge >= 0.3 is 6.03 Å². The van der Waals surface area contributed by atoms with Crippen LogP contribution >= 0.6 is 0 Å². The van der Waals surface area contributed by atoms with E-state index in [0.29, 0.717) is 18.9 Å². The molecule has 162 valence electrons.